The Morgan fingerprint density at radius 2 is 1.95 bits per heavy atom. The Balaban J connectivity index is 2.45. The predicted molar refractivity (Wildman–Crippen MR) is 77.8 cm³/mol. The number of piperidine rings is 1. The molecule has 0 amide bonds. The van der Waals surface area contributed by atoms with E-state index >= 15 is 0 Å². The molecule has 1 rings (SSSR count). The first-order valence-electron chi connectivity index (χ1n) is 7.33. The number of nitrogens with one attached hydrogen (secondary N) is 1. The van der Waals surface area contributed by atoms with Gasteiger partial charge in [-0.15, -0.1) is 0 Å². The lowest BCUT2D eigenvalue weighted by Gasteiger charge is -2.32. The van der Waals surface area contributed by atoms with Crippen molar-refractivity contribution >= 4 is 10.0 Å². The van der Waals surface area contributed by atoms with E-state index in [0.717, 1.165) is 25.8 Å². The maximum atomic E-state index is 12.4. The van der Waals surface area contributed by atoms with Crippen molar-refractivity contribution in [1.82, 2.24) is 9.62 Å². The molecule has 0 bridgehead atoms. The molecule has 1 saturated heterocycles. The van der Waals surface area contributed by atoms with Crippen molar-refractivity contribution < 1.29 is 13.2 Å². The van der Waals surface area contributed by atoms with Gasteiger partial charge >= 0.3 is 0 Å². The van der Waals surface area contributed by atoms with Gasteiger partial charge in [0.05, 0.1) is 11.4 Å². The Labute approximate surface area is 117 Å². The van der Waals surface area contributed by atoms with E-state index in [1.807, 2.05) is 6.92 Å². The van der Waals surface area contributed by atoms with Gasteiger partial charge < -0.3 is 10.1 Å². The molecule has 0 radical (unpaired) electrons. The minimum atomic E-state index is -3.17. The monoisotopic (exact) mass is 292 g/mol. The van der Waals surface area contributed by atoms with Gasteiger partial charge in [-0.2, -0.15) is 0 Å². The average Bonchev–Trinajstić information content (AvgIpc) is 2.40. The Morgan fingerprint density at radius 1 is 1.32 bits per heavy atom. The van der Waals surface area contributed by atoms with Gasteiger partial charge in [-0.05, 0) is 39.7 Å². The molecule has 1 fully saturated rings. The van der Waals surface area contributed by atoms with E-state index in [4.69, 9.17) is 4.74 Å². The van der Waals surface area contributed by atoms with Crippen molar-refractivity contribution in [2.24, 2.45) is 0 Å². The normalized spacial score (nSPS) is 20.6. The van der Waals surface area contributed by atoms with Crippen LogP contribution in [0.3, 0.4) is 0 Å². The van der Waals surface area contributed by atoms with Crippen LogP contribution in [0.1, 0.15) is 40.0 Å². The SMILES string of the molecule is CCCNCC(C)S(=O)(=O)N1CCC(OCC)CC1. The fourth-order valence-corrected chi connectivity index (χ4v) is 3.89. The van der Waals surface area contributed by atoms with Gasteiger partial charge in [-0.3, -0.25) is 0 Å². The Kier molecular flexibility index (Phi) is 7.28. The van der Waals surface area contributed by atoms with Gasteiger partial charge in [0.2, 0.25) is 10.0 Å². The van der Waals surface area contributed by atoms with Gasteiger partial charge in [0.15, 0.2) is 0 Å². The summed E-state index contributed by atoms with van der Waals surface area (Å²) >= 11 is 0. The van der Waals surface area contributed by atoms with Crippen molar-refractivity contribution in [1.29, 1.82) is 0 Å². The molecule has 1 N–H and O–H groups in total. The summed E-state index contributed by atoms with van der Waals surface area (Å²) in [4.78, 5) is 0. The second kappa shape index (κ2) is 8.19. The zero-order valence-corrected chi connectivity index (χ0v) is 13.2. The van der Waals surface area contributed by atoms with E-state index in [9.17, 15) is 8.42 Å². The summed E-state index contributed by atoms with van der Waals surface area (Å²) in [5.74, 6) is 0. The fourth-order valence-electron chi connectivity index (χ4n) is 2.33. The van der Waals surface area contributed by atoms with Crippen LogP contribution in [0.4, 0.5) is 0 Å². The van der Waals surface area contributed by atoms with Gasteiger partial charge in [-0.25, -0.2) is 12.7 Å². The molecule has 1 heterocycles. The maximum Gasteiger partial charge on any atom is 0.217 e. The second-order valence-electron chi connectivity index (χ2n) is 5.11. The highest BCUT2D eigenvalue weighted by Gasteiger charge is 2.32. The molecule has 6 heteroatoms. The molecule has 1 unspecified atom stereocenters. The van der Waals surface area contributed by atoms with Crippen molar-refractivity contribution in [3.63, 3.8) is 0 Å². The number of nitrogens with zero attached hydrogens (tertiary/aromatic N) is 1. The van der Waals surface area contributed by atoms with Crippen molar-refractivity contribution in [3.8, 4) is 0 Å². The van der Waals surface area contributed by atoms with E-state index in [0.29, 0.717) is 26.2 Å². The quantitative estimate of drug-likeness (QED) is 0.683. The third kappa shape index (κ3) is 5.02. The van der Waals surface area contributed by atoms with Crippen LogP contribution in [0.5, 0.6) is 0 Å². The second-order valence-corrected chi connectivity index (χ2v) is 7.46. The van der Waals surface area contributed by atoms with Gasteiger partial charge in [0.25, 0.3) is 0 Å². The van der Waals surface area contributed by atoms with Crippen LogP contribution < -0.4 is 5.32 Å². The number of hydrogen-bond acceptors (Lipinski definition) is 4. The van der Waals surface area contributed by atoms with Crippen LogP contribution in [0.25, 0.3) is 0 Å². The Hall–Kier alpha value is -0.170. The average molecular weight is 292 g/mol. The van der Waals surface area contributed by atoms with Gasteiger partial charge in [-0.1, -0.05) is 6.92 Å². The third-order valence-electron chi connectivity index (χ3n) is 3.53. The molecule has 114 valence electrons. The summed E-state index contributed by atoms with van der Waals surface area (Å²) in [5, 5.41) is 2.82. The minimum Gasteiger partial charge on any atom is -0.378 e. The largest absolute Gasteiger partial charge is 0.378 e. The zero-order valence-electron chi connectivity index (χ0n) is 12.4. The van der Waals surface area contributed by atoms with Crippen molar-refractivity contribution in [2.75, 3.05) is 32.8 Å². The highest BCUT2D eigenvalue weighted by Crippen LogP contribution is 2.19. The van der Waals surface area contributed by atoms with E-state index in [-0.39, 0.29) is 11.4 Å². The predicted octanol–water partition coefficient (Wildman–Crippen LogP) is 1.21. The standard InChI is InChI=1S/C13H28N2O3S/c1-4-8-14-11-12(3)19(16,17)15-9-6-13(7-10-15)18-5-2/h12-14H,4-11H2,1-3H3. The van der Waals surface area contributed by atoms with Crippen LogP contribution in [0, 0.1) is 0 Å². The summed E-state index contributed by atoms with van der Waals surface area (Å²) in [6.45, 7) is 9.11. The summed E-state index contributed by atoms with van der Waals surface area (Å²) in [6.07, 6.45) is 2.86. The summed E-state index contributed by atoms with van der Waals surface area (Å²) in [6, 6.07) is 0. The lowest BCUT2D eigenvalue weighted by molar-refractivity contribution is 0.0289. The number of hydrogen-bond donors (Lipinski definition) is 1. The van der Waals surface area contributed by atoms with Crippen LogP contribution >= 0.6 is 0 Å². The fraction of sp³-hybridized carbons (Fsp3) is 1.00. The number of rotatable bonds is 8. The van der Waals surface area contributed by atoms with E-state index < -0.39 is 10.0 Å². The first-order valence-corrected chi connectivity index (χ1v) is 8.84. The molecule has 1 atom stereocenters. The van der Waals surface area contributed by atoms with Crippen molar-refractivity contribution in [2.45, 2.75) is 51.4 Å². The summed E-state index contributed by atoms with van der Waals surface area (Å²) in [7, 11) is -3.17. The lowest BCUT2D eigenvalue weighted by Crippen LogP contribution is -2.46. The molecule has 0 aliphatic carbocycles. The molecule has 0 aromatic heterocycles. The van der Waals surface area contributed by atoms with E-state index in [1.54, 1.807) is 11.2 Å². The highest BCUT2D eigenvalue weighted by atomic mass is 32.2. The lowest BCUT2D eigenvalue weighted by atomic mass is 10.1. The third-order valence-corrected chi connectivity index (χ3v) is 5.80. The summed E-state index contributed by atoms with van der Waals surface area (Å²) < 4.78 is 32.0. The first-order chi connectivity index (χ1) is 9.02. The van der Waals surface area contributed by atoms with E-state index in [1.165, 1.54) is 0 Å². The Morgan fingerprint density at radius 3 is 2.47 bits per heavy atom. The van der Waals surface area contributed by atoms with Crippen LogP contribution in [-0.2, 0) is 14.8 Å². The molecular formula is C13H28N2O3S. The molecule has 5 nitrogen and oxygen atoms in total. The van der Waals surface area contributed by atoms with Gasteiger partial charge in [0, 0.05) is 26.2 Å². The molecule has 0 spiro atoms. The van der Waals surface area contributed by atoms with E-state index in [2.05, 4.69) is 12.2 Å². The molecule has 0 saturated carbocycles. The zero-order chi connectivity index (χ0) is 14.3. The number of ether oxygens (including phenoxy) is 1. The van der Waals surface area contributed by atoms with Crippen LogP contribution in [0.15, 0.2) is 0 Å². The topological polar surface area (TPSA) is 58.6 Å². The molecule has 0 aromatic carbocycles. The number of sulfonamides is 1. The maximum absolute atomic E-state index is 12.4. The van der Waals surface area contributed by atoms with Crippen LogP contribution in [0.2, 0.25) is 0 Å². The molecule has 1 aliphatic heterocycles. The Bertz CT molecular complexity index is 338. The highest BCUT2D eigenvalue weighted by molar-refractivity contribution is 7.89. The molecular weight excluding hydrogens is 264 g/mol. The first kappa shape index (κ1) is 16.9. The van der Waals surface area contributed by atoms with Crippen molar-refractivity contribution in [3.05, 3.63) is 0 Å². The summed E-state index contributed by atoms with van der Waals surface area (Å²) in [5.41, 5.74) is 0. The van der Waals surface area contributed by atoms with Crippen LogP contribution in [-0.4, -0.2) is 56.9 Å². The minimum absolute atomic E-state index is 0.227. The smallest absolute Gasteiger partial charge is 0.217 e. The van der Waals surface area contributed by atoms with Gasteiger partial charge in [0.1, 0.15) is 0 Å². The molecule has 0 aromatic rings. The molecule has 1 aliphatic rings. The molecule has 19 heavy (non-hydrogen) atoms.